The van der Waals surface area contributed by atoms with Crippen LogP contribution in [0.2, 0.25) is 0 Å². The lowest BCUT2D eigenvalue weighted by Crippen LogP contribution is -2.01. The maximum absolute atomic E-state index is 5.50. The predicted molar refractivity (Wildman–Crippen MR) is 65.0 cm³/mol. The van der Waals surface area contributed by atoms with E-state index >= 15 is 0 Å². The van der Waals surface area contributed by atoms with E-state index in [1.54, 1.807) is 11.3 Å². The zero-order valence-corrected chi connectivity index (χ0v) is 9.55. The fourth-order valence-corrected chi connectivity index (χ4v) is 2.31. The molecule has 0 aliphatic heterocycles. The molecule has 0 unspecified atom stereocenters. The molecule has 2 rings (SSSR count). The van der Waals surface area contributed by atoms with Crippen LogP contribution >= 0.6 is 11.3 Å². The molecule has 15 heavy (non-hydrogen) atoms. The molecular formula is C12H14N2S. The SMILES string of the molecule is Cc1cccc(-c2csc(CCN)n2)c1. The molecule has 0 saturated carbocycles. The number of benzene rings is 1. The first-order valence-corrected chi connectivity index (χ1v) is 5.89. The summed E-state index contributed by atoms with van der Waals surface area (Å²) in [5.74, 6) is 0. The highest BCUT2D eigenvalue weighted by Gasteiger charge is 2.03. The summed E-state index contributed by atoms with van der Waals surface area (Å²) in [6.07, 6.45) is 0.872. The van der Waals surface area contributed by atoms with Crippen LogP contribution in [0.3, 0.4) is 0 Å². The van der Waals surface area contributed by atoms with Gasteiger partial charge in [0.25, 0.3) is 0 Å². The zero-order valence-electron chi connectivity index (χ0n) is 8.73. The number of hydrogen-bond donors (Lipinski definition) is 1. The molecule has 0 saturated heterocycles. The van der Waals surface area contributed by atoms with Crippen molar-refractivity contribution in [3.05, 3.63) is 40.2 Å². The van der Waals surface area contributed by atoms with Crippen molar-refractivity contribution in [2.45, 2.75) is 13.3 Å². The minimum Gasteiger partial charge on any atom is -0.330 e. The molecular weight excluding hydrogens is 204 g/mol. The van der Waals surface area contributed by atoms with E-state index in [-0.39, 0.29) is 0 Å². The van der Waals surface area contributed by atoms with Gasteiger partial charge in [-0.25, -0.2) is 4.98 Å². The van der Waals surface area contributed by atoms with Crippen LogP contribution in [0.5, 0.6) is 0 Å². The van der Waals surface area contributed by atoms with Gasteiger partial charge in [0.1, 0.15) is 0 Å². The molecule has 0 aliphatic rings. The summed E-state index contributed by atoms with van der Waals surface area (Å²) in [6.45, 7) is 2.76. The summed E-state index contributed by atoms with van der Waals surface area (Å²) in [5.41, 5.74) is 9.02. The topological polar surface area (TPSA) is 38.9 Å². The first-order valence-electron chi connectivity index (χ1n) is 5.01. The number of aryl methyl sites for hydroxylation is 1. The number of thiazole rings is 1. The smallest absolute Gasteiger partial charge is 0.0945 e. The molecule has 0 amide bonds. The van der Waals surface area contributed by atoms with E-state index in [0.29, 0.717) is 6.54 Å². The molecule has 2 nitrogen and oxygen atoms in total. The van der Waals surface area contributed by atoms with Crippen molar-refractivity contribution in [2.75, 3.05) is 6.54 Å². The lowest BCUT2D eigenvalue weighted by molar-refractivity contribution is 0.954. The number of nitrogens with two attached hydrogens (primary N) is 1. The Morgan fingerprint density at radius 2 is 2.27 bits per heavy atom. The number of aromatic nitrogens is 1. The molecule has 0 fully saturated rings. The number of nitrogens with zero attached hydrogens (tertiary/aromatic N) is 1. The second-order valence-electron chi connectivity index (χ2n) is 3.53. The van der Waals surface area contributed by atoms with Gasteiger partial charge in [-0.15, -0.1) is 11.3 Å². The quantitative estimate of drug-likeness (QED) is 0.860. The Morgan fingerprint density at radius 3 is 3.00 bits per heavy atom. The van der Waals surface area contributed by atoms with Crippen LogP contribution in [-0.4, -0.2) is 11.5 Å². The van der Waals surface area contributed by atoms with Gasteiger partial charge in [0.15, 0.2) is 0 Å². The third-order valence-electron chi connectivity index (χ3n) is 2.22. The van der Waals surface area contributed by atoms with E-state index in [1.807, 2.05) is 0 Å². The molecule has 2 N–H and O–H groups in total. The van der Waals surface area contributed by atoms with Gasteiger partial charge in [0.2, 0.25) is 0 Å². The van der Waals surface area contributed by atoms with Gasteiger partial charge >= 0.3 is 0 Å². The van der Waals surface area contributed by atoms with Crippen molar-refractivity contribution in [1.82, 2.24) is 4.98 Å². The maximum atomic E-state index is 5.50. The lowest BCUT2D eigenvalue weighted by Gasteiger charge is -1.97. The largest absolute Gasteiger partial charge is 0.330 e. The summed E-state index contributed by atoms with van der Waals surface area (Å²) in [4.78, 5) is 4.55. The molecule has 2 aromatic rings. The van der Waals surface area contributed by atoms with Gasteiger partial charge in [-0.05, 0) is 19.5 Å². The van der Waals surface area contributed by atoms with E-state index in [9.17, 15) is 0 Å². The second kappa shape index (κ2) is 4.55. The predicted octanol–water partition coefficient (Wildman–Crippen LogP) is 2.62. The standard InChI is InChI=1S/C12H14N2S/c1-9-3-2-4-10(7-9)11-8-15-12(14-11)5-6-13/h2-4,7-8H,5-6,13H2,1H3. The molecule has 1 heterocycles. The molecule has 0 atom stereocenters. The van der Waals surface area contributed by atoms with Gasteiger partial charge in [-0.2, -0.15) is 0 Å². The molecule has 0 bridgehead atoms. The fourth-order valence-electron chi connectivity index (χ4n) is 1.49. The highest BCUT2D eigenvalue weighted by molar-refractivity contribution is 7.09. The van der Waals surface area contributed by atoms with Crippen molar-refractivity contribution in [3.8, 4) is 11.3 Å². The monoisotopic (exact) mass is 218 g/mol. The van der Waals surface area contributed by atoms with Gasteiger partial charge in [0.05, 0.1) is 10.7 Å². The highest BCUT2D eigenvalue weighted by Crippen LogP contribution is 2.22. The Labute approximate surface area is 93.8 Å². The minimum atomic E-state index is 0.667. The van der Waals surface area contributed by atoms with Gasteiger partial charge < -0.3 is 5.73 Å². The molecule has 3 heteroatoms. The molecule has 1 aromatic carbocycles. The average molecular weight is 218 g/mol. The second-order valence-corrected chi connectivity index (χ2v) is 4.48. The fraction of sp³-hybridized carbons (Fsp3) is 0.250. The van der Waals surface area contributed by atoms with Crippen LogP contribution in [0.15, 0.2) is 29.6 Å². The summed E-state index contributed by atoms with van der Waals surface area (Å²) in [7, 11) is 0. The lowest BCUT2D eigenvalue weighted by atomic mass is 10.1. The maximum Gasteiger partial charge on any atom is 0.0945 e. The number of rotatable bonds is 3. The van der Waals surface area contributed by atoms with Gasteiger partial charge in [-0.3, -0.25) is 0 Å². The Balaban J connectivity index is 2.29. The van der Waals surface area contributed by atoms with Crippen molar-refractivity contribution in [1.29, 1.82) is 0 Å². The third-order valence-corrected chi connectivity index (χ3v) is 3.13. The Morgan fingerprint density at radius 1 is 1.40 bits per heavy atom. The average Bonchev–Trinajstić information content (AvgIpc) is 2.67. The van der Waals surface area contributed by atoms with Gasteiger partial charge in [-0.1, -0.05) is 23.8 Å². The number of hydrogen-bond acceptors (Lipinski definition) is 3. The van der Waals surface area contributed by atoms with E-state index in [2.05, 4.69) is 41.6 Å². The van der Waals surface area contributed by atoms with Crippen LogP contribution in [-0.2, 0) is 6.42 Å². The first-order chi connectivity index (χ1) is 7.29. The minimum absolute atomic E-state index is 0.667. The normalized spacial score (nSPS) is 10.5. The van der Waals surface area contributed by atoms with Crippen LogP contribution in [0.25, 0.3) is 11.3 Å². The molecule has 1 aromatic heterocycles. The van der Waals surface area contributed by atoms with E-state index < -0.39 is 0 Å². The van der Waals surface area contributed by atoms with Crippen molar-refractivity contribution < 1.29 is 0 Å². The van der Waals surface area contributed by atoms with Crippen LogP contribution < -0.4 is 5.73 Å². The van der Waals surface area contributed by atoms with Crippen LogP contribution in [0.1, 0.15) is 10.6 Å². The van der Waals surface area contributed by atoms with Crippen molar-refractivity contribution in [3.63, 3.8) is 0 Å². The molecule has 0 aliphatic carbocycles. The van der Waals surface area contributed by atoms with E-state index in [0.717, 1.165) is 17.1 Å². The van der Waals surface area contributed by atoms with Crippen molar-refractivity contribution >= 4 is 11.3 Å². The van der Waals surface area contributed by atoms with Crippen LogP contribution in [0.4, 0.5) is 0 Å². The zero-order chi connectivity index (χ0) is 10.7. The molecule has 78 valence electrons. The highest BCUT2D eigenvalue weighted by atomic mass is 32.1. The van der Waals surface area contributed by atoms with Gasteiger partial charge in [0, 0.05) is 17.4 Å². The summed E-state index contributed by atoms with van der Waals surface area (Å²) in [6, 6.07) is 8.40. The molecule has 0 spiro atoms. The Hall–Kier alpha value is -1.19. The Kier molecular flexibility index (Phi) is 3.14. The summed E-state index contributed by atoms with van der Waals surface area (Å²) < 4.78 is 0. The Bertz CT molecular complexity index is 448. The summed E-state index contributed by atoms with van der Waals surface area (Å²) in [5, 5.41) is 3.22. The van der Waals surface area contributed by atoms with Crippen molar-refractivity contribution in [2.24, 2.45) is 5.73 Å². The van der Waals surface area contributed by atoms with Crippen LogP contribution in [0, 0.1) is 6.92 Å². The first kappa shape index (κ1) is 10.3. The molecule has 0 radical (unpaired) electrons. The summed E-state index contributed by atoms with van der Waals surface area (Å²) >= 11 is 1.68. The van der Waals surface area contributed by atoms with E-state index in [4.69, 9.17) is 5.73 Å². The third kappa shape index (κ3) is 2.43. The van der Waals surface area contributed by atoms with E-state index in [1.165, 1.54) is 11.1 Å².